The molecule has 0 bridgehead atoms. The molecule has 0 spiro atoms. The number of hydrogen-bond acceptors (Lipinski definition) is 6. The number of benzene rings is 1. The topological polar surface area (TPSA) is 91.1 Å². The standard InChI is InChI=1S/C19H26N2O5S/c1-4-13-5-6-18-16(7-13)14(8-19(23)26-18)9-21-10-15(17(22)11-21)12-27(24,25)20(2)3/h5-8,15,17,22H,4,9-12H2,1-3H3/t15-,17-/m0/s1. The minimum absolute atomic E-state index is 0.0880. The van der Waals surface area contributed by atoms with Crippen LogP contribution >= 0.6 is 0 Å². The molecule has 2 aromatic rings. The van der Waals surface area contributed by atoms with Gasteiger partial charge in [-0.1, -0.05) is 13.0 Å². The van der Waals surface area contributed by atoms with Gasteiger partial charge in [0.25, 0.3) is 0 Å². The predicted octanol–water partition coefficient (Wildman–Crippen LogP) is 1.04. The zero-order chi connectivity index (χ0) is 19.8. The number of hydrogen-bond donors (Lipinski definition) is 1. The van der Waals surface area contributed by atoms with Crippen LogP contribution in [0.25, 0.3) is 11.0 Å². The van der Waals surface area contributed by atoms with Gasteiger partial charge in [-0.25, -0.2) is 17.5 Å². The Balaban J connectivity index is 1.83. The fourth-order valence-electron chi connectivity index (χ4n) is 3.52. The van der Waals surface area contributed by atoms with Crippen molar-refractivity contribution in [2.24, 2.45) is 5.92 Å². The van der Waals surface area contributed by atoms with E-state index >= 15 is 0 Å². The highest BCUT2D eigenvalue weighted by molar-refractivity contribution is 7.89. The van der Waals surface area contributed by atoms with Gasteiger partial charge in [-0.2, -0.15) is 0 Å². The van der Waals surface area contributed by atoms with Crippen molar-refractivity contribution in [3.05, 3.63) is 45.8 Å². The van der Waals surface area contributed by atoms with Crippen molar-refractivity contribution in [3.8, 4) is 0 Å². The van der Waals surface area contributed by atoms with Crippen LogP contribution in [0, 0.1) is 5.92 Å². The van der Waals surface area contributed by atoms with E-state index in [2.05, 4.69) is 6.92 Å². The van der Waals surface area contributed by atoms with Gasteiger partial charge in [0.05, 0.1) is 11.9 Å². The lowest BCUT2D eigenvalue weighted by Gasteiger charge is -2.18. The lowest BCUT2D eigenvalue weighted by molar-refractivity contribution is 0.148. The van der Waals surface area contributed by atoms with Crippen molar-refractivity contribution in [3.63, 3.8) is 0 Å². The minimum Gasteiger partial charge on any atom is -0.423 e. The second-order valence-electron chi connectivity index (χ2n) is 7.36. The fraction of sp³-hybridized carbons (Fsp3) is 0.526. The van der Waals surface area contributed by atoms with Crippen molar-refractivity contribution >= 4 is 21.0 Å². The average molecular weight is 394 g/mol. The zero-order valence-corrected chi connectivity index (χ0v) is 16.7. The van der Waals surface area contributed by atoms with Crippen LogP contribution in [-0.4, -0.2) is 61.8 Å². The van der Waals surface area contributed by atoms with E-state index in [4.69, 9.17) is 4.42 Å². The third-order valence-electron chi connectivity index (χ3n) is 5.16. The molecule has 148 valence electrons. The molecule has 1 aliphatic heterocycles. The maximum absolute atomic E-state index is 12.1. The van der Waals surface area contributed by atoms with Crippen LogP contribution in [0.5, 0.6) is 0 Å². The van der Waals surface area contributed by atoms with E-state index in [1.54, 1.807) is 0 Å². The molecular formula is C19H26N2O5S. The fourth-order valence-corrected chi connectivity index (χ4v) is 4.69. The molecule has 1 saturated heterocycles. The van der Waals surface area contributed by atoms with E-state index < -0.39 is 21.8 Å². The number of aliphatic hydroxyl groups excluding tert-OH is 1. The highest BCUT2D eigenvalue weighted by Crippen LogP contribution is 2.25. The lowest BCUT2D eigenvalue weighted by atomic mass is 10.1. The molecule has 1 N–H and O–H groups in total. The number of β-amino-alcohol motifs (C(OH)–C–C–N with tert-alkyl or cyclic N) is 1. The summed E-state index contributed by atoms with van der Waals surface area (Å²) in [6.45, 7) is 3.36. The largest absolute Gasteiger partial charge is 0.423 e. The Kier molecular flexibility index (Phi) is 5.71. The van der Waals surface area contributed by atoms with Crippen LogP contribution in [0.4, 0.5) is 0 Å². The molecule has 8 heteroatoms. The minimum atomic E-state index is -3.38. The van der Waals surface area contributed by atoms with Crippen LogP contribution in [0.2, 0.25) is 0 Å². The van der Waals surface area contributed by atoms with E-state index in [0.29, 0.717) is 25.2 Å². The summed E-state index contributed by atoms with van der Waals surface area (Å²) in [5, 5.41) is 11.2. The average Bonchev–Trinajstić information content (AvgIpc) is 2.92. The molecule has 0 amide bonds. The number of aliphatic hydroxyl groups is 1. The van der Waals surface area contributed by atoms with Gasteiger partial charge >= 0.3 is 5.63 Å². The Morgan fingerprint density at radius 3 is 2.67 bits per heavy atom. The maximum atomic E-state index is 12.1. The second kappa shape index (κ2) is 7.71. The molecule has 1 aromatic carbocycles. The molecule has 3 rings (SSSR count). The second-order valence-corrected chi connectivity index (χ2v) is 9.58. The third-order valence-corrected chi connectivity index (χ3v) is 7.12. The van der Waals surface area contributed by atoms with Gasteiger partial charge in [0.2, 0.25) is 10.0 Å². The van der Waals surface area contributed by atoms with E-state index in [0.717, 1.165) is 22.9 Å². The Bertz CT molecular complexity index is 983. The van der Waals surface area contributed by atoms with Gasteiger partial charge in [-0.3, -0.25) is 4.90 Å². The Labute approximate surface area is 159 Å². The van der Waals surface area contributed by atoms with Crippen LogP contribution < -0.4 is 5.63 Å². The molecule has 0 aliphatic carbocycles. The monoisotopic (exact) mass is 394 g/mol. The van der Waals surface area contributed by atoms with Crippen LogP contribution in [-0.2, 0) is 23.0 Å². The van der Waals surface area contributed by atoms with E-state index in [-0.39, 0.29) is 11.7 Å². The van der Waals surface area contributed by atoms with Gasteiger partial charge in [-0.05, 0) is 29.7 Å². The van der Waals surface area contributed by atoms with Gasteiger partial charge in [-0.15, -0.1) is 0 Å². The molecular weight excluding hydrogens is 368 g/mol. The first-order valence-corrected chi connectivity index (χ1v) is 10.7. The summed E-state index contributed by atoms with van der Waals surface area (Å²) in [6.07, 6.45) is 0.166. The van der Waals surface area contributed by atoms with Gasteiger partial charge in [0.15, 0.2) is 0 Å². The summed E-state index contributed by atoms with van der Waals surface area (Å²) in [5.41, 5.74) is 2.11. The summed E-state index contributed by atoms with van der Waals surface area (Å²) in [7, 11) is -0.389. The molecule has 1 fully saturated rings. The molecule has 7 nitrogen and oxygen atoms in total. The molecule has 1 aliphatic rings. The third kappa shape index (κ3) is 4.40. The smallest absolute Gasteiger partial charge is 0.336 e. The van der Waals surface area contributed by atoms with Gasteiger partial charge < -0.3 is 9.52 Å². The molecule has 1 aromatic heterocycles. The highest BCUT2D eigenvalue weighted by atomic mass is 32.2. The van der Waals surface area contributed by atoms with E-state index in [9.17, 15) is 18.3 Å². The molecule has 0 unspecified atom stereocenters. The quantitative estimate of drug-likeness (QED) is 0.736. The number of fused-ring (bicyclic) bond motifs is 1. The van der Waals surface area contributed by atoms with Crippen LogP contribution in [0.1, 0.15) is 18.1 Å². The Hall–Kier alpha value is -1.74. The predicted molar refractivity (Wildman–Crippen MR) is 104 cm³/mol. The number of sulfonamides is 1. The first-order valence-electron chi connectivity index (χ1n) is 9.06. The molecule has 2 heterocycles. The number of aryl methyl sites for hydroxylation is 1. The molecule has 0 radical (unpaired) electrons. The number of nitrogens with zero attached hydrogens (tertiary/aromatic N) is 2. The highest BCUT2D eigenvalue weighted by Gasteiger charge is 2.35. The summed E-state index contributed by atoms with van der Waals surface area (Å²) in [5.74, 6) is -0.440. The maximum Gasteiger partial charge on any atom is 0.336 e. The Morgan fingerprint density at radius 1 is 1.26 bits per heavy atom. The van der Waals surface area contributed by atoms with Gasteiger partial charge in [0, 0.05) is 51.1 Å². The summed E-state index contributed by atoms with van der Waals surface area (Å²) in [4.78, 5) is 13.9. The van der Waals surface area contributed by atoms with Gasteiger partial charge in [0.1, 0.15) is 5.58 Å². The molecule has 27 heavy (non-hydrogen) atoms. The summed E-state index contributed by atoms with van der Waals surface area (Å²) >= 11 is 0. The Morgan fingerprint density at radius 2 is 2.00 bits per heavy atom. The number of likely N-dealkylation sites (tertiary alicyclic amines) is 1. The SMILES string of the molecule is CCc1ccc2oc(=O)cc(CN3C[C@@H](CS(=O)(=O)N(C)C)[C@@H](O)C3)c2c1. The molecule has 2 atom stereocenters. The lowest BCUT2D eigenvalue weighted by Crippen LogP contribution is -2.33. The van der Waals surface area contributed by atoms with Crippen molar-refractivity contribution < 1.29 is 17.9 Å². The van der Waals surface area contributed by atoms with Crippen molar-refractivity contribution in [1.82, 2.24) is 9.21 Å². The number of rotatable bonds is 6. The summed E-state index contributed by atoms with van der Waals surface area (Å²) in [6, 6.07) is 7.26. The van der Waals surface area contributed by atoms with Crippen molar-refractivity contribution in [2.75, 3.05) is 32.9 Å². The van der Waals surface area contributed by atoms with Crippen molar-refractivity contribution in [2.45, 2.75) is 26.0 Å². The normalized spacial score (nSPS) is 21.4. The van der Waals surface area contributed by atoms with E-state index in [1.807, 2.05) is 23.1 Å². The van der Waals surface area contributed by atoms with Crippen molar-refractivity contribution in [1.29, 1.82) is 0 Å². The van der Waals surface area contributed by atoms with Crippen LogP contribution in [0.3, 0.4) is 0 Å². The zero-order valence-electron chi connectivity index (χ0n) is 15.9. The first kappa shape index (κ1) is 20.0. The summed E-state index contributed by atoms with van der Waals surface area (Å²) < 4.78 is 30.7. The van der Waals surface area contributed by atoms with Crippen LogP contribution in [0.15, 0.2) is 33.5 Å². The van der Waals surface area contributed by atoms with E-state index in [1.165, 1.54) is 24.5 Å². The first-order chi connectivity index (χ1) is 12.7. The molecule has 0 saturated carbocycles.